The van der Waals surface area contributed by atoms with Crippen LogP contribution in [0.3, 0.4) is 0 Å². The summed E-state index contributed by atoms with van der Waals surface area (Å²) in [7, 11) is 0. The van der Waals surface area contributed by atoms with Crippen LogP contribution in [-0.4, -0.2) is 37.0 Å². The first kappa shape index (κ1) is 20.4. The number of halogens is 1. The van der Waals surface area contributed by atoms with Crippen LogP contribution in [0, 0.1) is 0 Å². The summed E-state index contributed by atoms with van der Waals surface area (Å²) in [4.78, 5) is 15.1. The van der Waals surface area contributed by atoms with Gasteiger partial charge in [-0.2, -0.15) is 0 Å². The third-order valence-corrected chi connectivity index (χ3v) is 5.28. The van der Waals surface area contributed by atoms with E-state index in [1.807, 2.05) is 12.1 Å². The monoisotopic (exact) mass is 398 g/mol. The second kappa shape index (κ2) is 10.3. The standard InChI is InChI=1S/C23H27ClN2O2/c1-2-16-28-21-12-8-19(9-13-21)23(27)25-17-22(26-14-4-3-5-15-26)18-6-10-20(24)11-7-18/h2,6-13,22H,1,3-5,14-17H2,(H,25,27). The highest BCUT2D eigenvalue weighted by molar-refractivity contribution is 6.30. The number of likely N-dealkylation sites (tertiary alicyclic amines) is 1. The van der Waals surface area contributed by atoms with Gasteiger partial charge in [-0.1, -0.05) is 42.8 Å². The first-order valence-electron chi connectivity index (χ1n) is 9.79. The van der Waals surface area contributed by atoms with Crippen LogP contribution in [0.2, 0.25) is 5.02 Å². The Morgan fingerprint density at radius 3 is 2.43 bits per heavy atom. The molecule has 5 heteroatoms. The lowest BCUT2D eigenvalue weighted by Crippen LogP contribution is -2.40. The van der Waals surface area contributed by atoms with Gasteiger partial charge in [0.15, 0.2) is 0 Å². The minimum absolute atomic E-state index is 0.0776. The van der Waals surface area contributed by atoms with Crippen molar-refractivity contribution in [2.24, 2.45) is 0 Å². The van der Waals surface area contributed by atoms with Gasteiger partial charge >= 0.3 is 0 Å². The lowest BCUT2D eigenvalue weighted by Gasteiger charge is -2.35. The summed E-state index contributed by atoms with van der Waals surface area (Å²) in [6.07, 6.45) is 5.36. The van der Waals surface area contributed by atoms with Crippen molar-refractivity contribution in [2.75, 3.05) is 26.2 Å². The maximum Gasteiger partial charge on any atom is 0.251 e. The van der Waals surface area contributed by atoms with Gasteiger partial charge in [-0.05, 0) is 67.9 Å². The van der Waals surface area contributed by atoms with Crippen molar-refractivity contribution in [3.63, 3.8) is 0 Å². The summed E-state index contributed by atoms with van der Waals surface area (Å²) in [6.45, 7) is 6.75. The van der Waals surface area contributed by atoms with Gasteiger partial charge in [-0.3, -0.25) is 9.69 Å². The van der Waals surface area contributed by atoms with E-state index in [-0.39, 0.29) is 11.9 Å². The highest BCUT2D eigenvalue weighted by Gasteiger charge is 2.23. The maximum atomic E-state index is 12.6. The SMILES string of the molecule is C=CCOc1ccc(C(=O)NCC(c2ccc(Cl)cc2)N2CCCCC2)cc1. The summed E-state index contributed by atoms with van der Waals surface area (Å²) in [5, 5.41) is 3.83. The first-order chi connectivity index (χ1) is 13.7. The summed E-state index contributed by atoms with van der Waals surface area (Å²) < 4.78 is 5.47. The predicted molar refractivity (Wildman–Crippen MR) is 114 cm³/mol. The Kier molecular flexibility index (Phi) is 7.52. The Bertz CT molecular complexity index is 768. The first-order valence-corrected chi connectivity index (χ1v) is 10.2. The molecule has 0 aromatic heterocycles. The minimum Gasteiger partial charge on any atom is -0.490 e. The highest BCUT2D eigenvalue weighted by atomic mass is 35.5. The average Bonchev–Trinajstić information content (AvgIpc) is 2.74. The summed E-state index contributed by atoms with van der Waals surface area (Å²) >= 11 is 6.06. The molecular weight excluding hydrogens is 372 g/mol. The smallest absolute Gasteiger partial charge is 0.251 e. The van der Waals surface area contributed by atoms with Crippen LogP contribution in [0.4, 0.5) is 0 Å². The molecule has 4 nitrogen and oxygen atoms in total. The van der Waals surface area contributed by atoms with E-state index in [0.29, 0.717) is 18.7 Å². The van der Waals surface area contributed by atoms with Crippen LogP contribution in [0.5, 0.6) is 5.75 Å². The van der Waals surface area contributed by atoms with Gasteiger partial charge in [0.05, 0.1) is 6.04 Å². The third kappa shape index (κ3) is 5.60. The quantitative estimate of drug-likeness (QED) is 0.645. The molecular formula is C23H27ClN2O2. The molecule has 0 saturated carbocycles. The number of hydrogen-bond acceptors (Lipinski definition) is 3. The molecule has 1 aliphatic heterocycles. The van der Waals surface area contributed by atoms with Gasteiger partial charge in [0, 0.05) is 17.1 Å². The Balaban J connectivity index is 1.65. The summed E-state index contributed by atoms with van der Waals surface area (Å²) in [5.74, 6) is 0.648. The summed E-state index contributed by atoms with van der Waals surface area (Å²) in [5.41, 5.74) is 1.80. The lowest BCUT2D eigenvalue weighted by molar-refractivity contribution is 0.0924. The lowest BCUT2D eigenvalue weighted by atomic mass is 10.0. The van der Waals surface area contributed by atoms with E-state index in [9.17, 15) is 4.79 Å². The van der Waals surface area contributed by atoms with Crippen LogP contribution in [0.25, 0.3) is 0 Å². The van der Waals surface area contributed by atoms with Crippen LogP contribution in [-0.2, 0) is 0 Å². The second-order valence-corrected chi connectivity index (χ2v) is 7.43. The van der Waals surface area contributed by atoms with Crippen molar-refractivity contribution in [2.45, 2.75) is 25.3 Å². The van der Waals surface area contributed by atoms with Gasteiger partial charge in [0.1, 0.15) is 12.4 Å². The average molecular weight is 399 g/mol. The van der Waals surface area contributed by atoms with Crippen molar-refractivity contribution in [3.05, 3.63) is 77.3 Å². The van der Waals surface area contributed by atoms with Gasteiger partial charge < -0.3 is 10.1 Å². The maximum absolute atomic E-state index is 12.6. The molecule has 148 valence electrons. The molecule has 0 bridgehead atoms. The van der Waals surface area contributed by atoms with Crippen LogP contribution >= 0.6 is 11.6 Å². The van der Waals surface area contributed by atoms with E-state index in [1.54, 1.807) is 30.3 Å². The fourth-order valence-corrected chi connectivity index (χ4v) is 3.65. The fraction of sp³-hybridized carbons (Fsp3) is 0.348. The Morgan fingerprint density at radius 2 is 1.79 bits per heavy atom. The molecule has 0 aliphatic carbocycles. The number of carbonyl (C=O) groups is 1. The van der Waals surface area contributed by atoms with Gasteiger partial charge in [-0.15, -0.1) is 0 Å². The Morgan fingerprint density at radius 1 is 1.11 bits per heavy atom. The predicted octanol–water partition coefficient (Wildman–Crippen LogP) is 4.86. The largest absolute Gasteiger partial charge is 0.490 e. The normalized spacial score (nSPS) is 15.6. The molecule has 0 spiro atoms. The minimum atomic E-state index is -0.0776. The molecule has 28 heavy (non-hydrogen) atoms. The van der Waals surface area contributed by atoms with Crippen molar-refractivity contribution in [1.82, 2.24) is 10.2 Å². The van der Waals surface area contributed by atoms with Crippen molar-refractivity contribution < 1.29 is 9.53 Å². The number of amides is 1. The zero-order valence-corrected chi connectivity index (χ0v) is 16.8. The van der Waals surface area contributed by atoms with Crippen molar-refractivity contribution in [1.29, 1.82) is 0 Å². The van der Waals surface area contributed by atoms with E-state index in [1.165, 1.54) is 24.8 Å². The molecule has 1 aliphatic rings. The number of piperidine rings is 1. The van der Waals surface area contributed by atoms with Crippen LogP contribution in [0.15, 0.2) is 61.2 Å². The van der Waals surface area contributed by atoms with Gasteiger partial charge in [0.2, 0.25) is 0 Å². The molecule has 2 aromatic carbocycles. The number of benzene rings is 2. The molecule has 0 radical (unpaired) electrons. The zero-order chi connectivity index (χ0) is 19.8. The molecule has 1 N–H and O–H groups in total. The molecule has 1 unspecified atom stereocenters. The van der Waals surface area contributed by atoms with E-state index in [0.717, 1.165) is 23.9 Å². The highest BCUT2D eigenvalue weighted by Crippen LogP contribution is 2.25. The Hall–Kier alpha value is -2.30. The number of nitrogens with zero attached hydrogens (tertiary/aromatic N) is 1. The van der Waals surface area contributed by atoms with Crippen molar-refractivity contribution in [3.8, 4) is 5.75 Å². The van der Waals surface area contributed by atoms with Crippen LogP contribution in [0.1, 0.15) is 41.2 Å². The second-order valence-electron chi connectivity index (χ2n) is 7.00. The van der Waals surface area contributed by atoms with Gasteiger partial charge in [-0.25, -0.2) is 0 Å². The Labute approximate surface area is 172 Å². The molecule has 1 atom stereocenters. The van der Waals surface area contributed by atoms with Crippen LogP contribution < -0.4 is 10.1 Å². The number of ether oxygens (including phenoxy) is 1. The summed E-state index contributed by atoms with van der Waals surface area (Å²) in [6, 6.07) is 15.3. The van der Waals surface area contributed by atoms with Gasteiger partial charge in [0.25, 0.3) is 5.91 Å². The zero-order valence-electron chi connectivity index (χ0n) is 16.1. The molecule has 1 heterocycles. The topological polar surface area (TPSA) is 41.6 Å². The fourth-order valence-electron chi connectivity index (χ4n) is 3.52. The molecule has 2 aromatic rings. The van der Waals surface area contributed by atoms with E-state index in [2.05, 4.69) is 28.9 Å². The number of carbonyl (C=O) groups excluding carboxylic acids is 1. The number of nitrogens with one attached hydrogen (secondary N) is 1. The van der Waals surface area contributed by atoms with E-state index in [4.69, 9.17) is 16.3 Å². The van der Waals surface area contributed by atoms with Crippen molar-refractivity contribution >= 4 is 17.5 Å². The third-order valence-electron chi connectivity index (χ3n) is 5.03. The van der Waals surface area contributed by atoms with E-state index < -0.39 is 0 Å². The van der Waals surface area contributed by atoms with E-state index >= 15 is 0 Å². The molecule has 3 rings (SSSR count). The molecule has 1 fully saturated rings. The number of hydrogen-bond donors (Lipinski definition) is 1. The number of rotatable bonds is 8. The molecule has 1 amide bonds. The molecule has 1 saturated heterocycles.